The number of phenolic OH excluding ortho intramolecular Hbond substituents is 2. The Labute approximate surface area is 204 Å². The molecule has 0 fully saturated rings. The number of anilines is 1. The lowest BCUT2D eigenvalue weighted by Gasteiger charge is -2.29. The molecule has 9 nitrogen and oxygen atoms in total. The number of hydrogen-bond acceptors (Lipinski definition) is 9. The van der Waals surface area contributed by atoms with Crippen molar-refractivity contribution in [1.29, 1.82) is 0 Å². The molecule has 1 atom stereocenters. The van der Waals surface area contributed by atoms with Crippen molar-refractivity contribution >= 4 is 34.0 Å². The van der Waals surface area contributed by atoms with Gasteiger partial charge in [0.1, 0.15) is 39.6 Å². The summed E-state index contributed by atoms with van der Waals surface area (Å²) in [5.74, 6) is -2.84. The van der Waals surface area contributed by atoms with Crippen LogP contribution in [0.2, 0.25) is 0 Å². The van der Waals surface area contributed by atoms with Crippen LogP contribution in [0.3, 0.4) is 0 Å². The fourth-order valence-electron chi connectivity index (χ4n) is 4.80. The van der Waals surface area contributed by atoms with Crippen molar-refractivity contribution in [3.8, 4) is 17.2 Å². The second-order valence-corrected chi connectivity index (χ2v) is 9.01. The molecule has 3 N–H and O–H groups in total. The van der Waals surface area contributed by atoms with Gasteiger partial charge in [0.2, 0.25) is 0 Å². The predicted octanol–water partition coefficient (Wildman–Crippen LogP) is 3.79. The van der Waals surface area contributed by atoms with Crippen molar-refractivity contribution in [3.63, 3.8) is 0 Å². The minimum atomic E-state index is -1.61. The Morgan fingerprint density at radius 1 is 1.06 bits per heavy atom. The molecule has 182 valence electrons. The van der Waals surface area contributed by atoms with Gasteiger partial charge in [-0.1, -0.05) is 0 Å². The third-order valence-electron chi connectivity index (χ3n) is 6.75. The first-order valence-electron chi connectivity index (χ1n) is 11.0. The van der Waals surface area contributed by atoms with E-state index in [2.05, 4.69) is 5.32 Å². The summed E-state index contributed by atoms with van der Waals surface area (Å²) in [6.07, 6.45) is 2.44. The van der Waals surface area contributed by atoms with Gasteiger partial charge in [-0.15, -0.1) is 0 Å². The van der Waals surface area contributed by atoms with E-state index < -0.39 is 34.3 Å². The Balaban J connectivity index is 1.66. The number of rotatable bonds is 3. The minimum absolute atomic E-state index is 0.0142. The first-order valence-corrected chi connectivity index (χ1v) is 11.0. The summed E-state index contributed by atoms with van der Waals surface area (Å²) in [5, 5.41) is 24.7. The Hall–Kier alpha value is -4.66. The molecule has 1 aromatic heterocycles. The molecule has 0 amide bonds. The lowest BCUT2D eigenvalue weighted by molar-refractivity contribution is -0.123. The van der Waals surface area contributed by atoms with E-state index in [0.717, 1.165) is 6.08 Å². The number of Topliss-reactive ketones (excluding diaryl/α,β-unsaturated/α-hetero) is 2. The highest BCUT2D eigenvalue weighted by Crippen LogP contribution is 2.57. The molecule has 36 heavy (non-hydrogen) atoms. The Bertz CT molecular complexity index is 1670. The number of aromatic hydroxyl groups is 2. The van der Waals surface area contributed by atoms with Gasteiger partial charge in [-0.05, 0) is 45.9 Å². The van der Waals surface area contributed by atoms with Crippen LogP contribution in [0.4, 0.5) is 5.69 Å². The Kier molecular flexibility index (Phi) is 4.92. The van der Waals surface area contributed by atoms with Crippen LogP contribution in [0.25, 0.3) is 11.0 Å². The van der Waals surface area contributed by atoms with Crippen molar-refractivity contribution in [1.82, 2.24) is 0 Å². The number of carbonyl (C=O) groups is 3. The van der Waals surface area contributed by atoms with E-state index >= 15 is 0 Å². The van der Waals surface area contributed by atoms with E-state index in [1.54, 1.807) is 25.1 Å². The molecule has 1 unspecified atom stereocenters. The normalized spacial score (nSPS) is 19.9. The summed E-state index contributed by atoms with van der Waals surface area (Å²) in [4.78, 5) is 51.4. The van der Waals surface area contributed by atoms with Gasteiger partial charge in [0.25, 0.3) is 0 Å². The highest BCUT2D eigenvalue weighted by Gasteiger charge is 2.56. The molecule has 5 rings (SSSR count). The quantitative estimate of drug-likeness (QED) is 0.286. The largest absolute Gasteiger partial charge is 0.507 e. The summed E-state index contributed by atoms with van der Waals surface area (Å²) in [5.41, 5.74) is -1.11. The van der Waals surface area contributed by atoms with Crippen molar-refractivity contribution in [3.05, 3.63) is 80.5 Å². The zero-order valence-corrected chi connectivity index (χ0v) is 19.8. The molecule has 1 aliphatic heterocycles. The van der Waals surface area contributed by atoms with Crippen molar-refractivity contribution < 1.29 is 33.8 Å². The molecule has 0 saturated heterocycles. The van der Waals surface area contributed by atoms with Crippen molar-refractivity contribution in [2.45, 2.75) is 33.1 Å². The minimum Gasteiger partial charge on any atom is -0.507 e. The standard InChI is InChI=1S/C27H21NO8/c1-11-23(32)21(13(3)29)25-22(24(11)33)27(4)19(36-25)10-17(31)20(26(27)34)12(2)28-14-5-6-18-15(9-14)16(30)7-8-35-18/h5-10,28,32-33H,1-4H3. The monoisotopic (exact) mass is 487 g/mol. The summed E-state index contributed by atoms with van der Waals surface area (Å²) >= 11 is 0. The fraction of sp³-hybridized carbons (Fsp3) is 0.185. The lowest BCUT2D eigenvalue weighted by atomic mass is 9.70. The first-order chi connectivity index (χ1) is 17.0. The number of allylic oxidation sites excluding steroid dienone is 4. The maximum atomic E-state index is 13.9. The van der Waals surface area contributed by atoms with Gasteiger partial charge in [-0.2, -0.15) is 0 Å². The first kappa shape index (κ1) is 23.1. The van der Waals surface area contributed by atoms with Crippen LogP contribution < -0.4 is 15.5 Å². The number of phenols is 2. The molecule has 0 saturated carbocycles. The molecule has 0 radical (unpaired) electrons. The van der Waals surface area contributed by atoms with Gasteiger partial charge in [-0.3, -0.25) is 19.2 Å². The van der Waals surface area contributed by atoms with Crippen LogP contribution >= 0.6 is 0 Å². The Morgan fingerprint density at radius 2 is 1.78 bits per heavy atom. The molecule has 3 aromatic rings. The van der Waals surface area contributed by atoms with Crippen molar-refractivity contribution in [2.75, 3.05) is 5.32 Å². The summed E-state index contributed by atoms with van der Waals surface area (Å²) in [6, 6.07) is 6.08. The fourth-order valence-corrected chi connectivity index (χ4v) is 4.80. The van der Waals surface area contributed by atoms with Crippen LogP contribution in [-0.4, -0.2) is 27.6 Å². The van der Waals surface area contributed by atoms with Gasteiger partial charge < -0.3 is 24.7 Å². The molecule has 2 aliphatic rings. The van der Waals surface area contributed by atoms with Crippen LogP contribution in [0.5, 0.6) is 17.2 Å². The van der Waals surface area contributed by atoms with Gasteiger partial charge in [0, 0.05) is 29.1 Å². The van der Waals surface area contributed by atoms with Gasteiger partial charge in [0.05, 0.1) is 22.8 Å². The second kappa shape index (κ2) is 7.67. The van der Waals surface area contributed by atoms with E-state index in [0.29, 0.717) is 16.7 Å². The molecule has 9 heteroatoms. The Morgan fingerprint density at radius 3 is 2.47 bits per heavy atom. The number of fused-ring (bicyclic) bond motifs is 4. The number of hydrogen-bond donors (Lipinski definition) is 3. The summed E-state index contributed by atoms with van der Waals surface area (Å²) in [7, 11) is 0. The molecule has 1 aliphatic carbocycles. The molecule has 2 heterocycles. The van der Waals surface area contributed by atoms with E-state index in [1.807, 2.05) is 0 Å². The second-order valence-electron chi connectivity index (χ2n) is 9.01. The van der Waals surface area contributed by atoms with Crippen LogP contribution in [0, 0.1) is 6.92 Å². The predicted molar refractivity (Wildman–Crippen MR) is 129 cm³/mol. The average Bonchev–Trinajstić information content (AvgIpc) is 3.11. The van der Waals surface area contributed by atoms with Crippen LogP contribution in [0.15, 0.2) is 62.8 Å². The third kappa shape index (κ3) is 3.02. The van der Waals surface area contributed by atoms with E-state index in [9.17, 15) is 29.4 Å². The lowest BCUT2D eigenvalue weighted by Crippen LogP contribution is -2.40. The number of ketones is 3. The summed E-state index contributed by atoms with van der Waals surface area (Å²) in [6.45, 7) is 5.68. The zero-order valence-electron chi connectivity index (χ0n) is 19.8. The highest BCUT2D eigenvalue weighted by atomic mass is 16.5. The molecular weight excluding hydrogens is 466 g/mol. The molecule has 2 aromatic carbocycles. The van der Waals surface area contributed by atoms with Crippen molar-refractivity contribution in [2.24, 2.45) is 0 Å². The van der Waals surface area contributed by atoms with Gasteiger partial charge >= 0.3 is 0 Å². The van der Waals surface area contributed by atoms with Gasteiger partial charge in [-0.25, -0.2) is 0 Å². The summed E-state index contributed by atoms with van der Waals surface area (Å²) < 4.78 is 11.1. The third-order valence-corrected chi connectivity index (χ3v) is 6.75. The number of carbonyl (C=O) groups excluding carboxylic acids is 3. The number of nitrogens with one attached hydrogen (secondary N) is 1. The maximum Gasteiger partial charge on any atom is 0.194 e. The van der Waals surface area contributed by atoms with Crippen LogP contribution in [-0.2, 0) is 15.0 Å². The highest BCUT2D eigenvalue weighted by molar-refractivity contribution is 6.31. The maximum absolute atomic E-state index is 13.9. The molecule has 0 bridgehead atoms. The number of benzene rings is 2. The van der Waals surface area contributed by atoms with E-state index in [1.165, 1.54) is 33.1 Å². The topological polar surface area (TPSA) is 143 Å². The zero-order chi connectivity index (χ0) is 26.1. The number of ether oxygens (including phenoxy) is 1. The van der Waals surface area contributed by atoms with E-state index in [-0.39, 0.29) is 44.9 Å². The smallest absolute Gasteiger partial charge is 0.194 e. The average molecular weight is 487 g/mol. The van der Waals surface area contributed by atoms with Crippen LogP contribution in [0.1, 0.15) is 42.3 Å². The molecular formula is C27H21NO8. The van der Waals surface area contributed by atoms with E-state index in [4.69, 9.17) is 9.15 Å². The SMILES string of the molecule is CC(=O)c1c(O)c(C)c(O)c2c1OC1=CC(=O)C(=C(C)Nc3ccc4occc(=O)c4c3)C(=O)C12C. The molecule has 0 spiro atoms. The van der Waals surface area contributed by atoms with Gasteiger partial charge in [0.15, 0.2) is 22.8 Å².